The molecule has 1 aromatic rings. The summed E-state index contributed by atoms with van der Waals surface area (Å²) in [4.78, 5) is 11.7. The van der Waals surface area contributed by atoms with Crippen LogP contribution in [0.2, 0.25) is 5.02 Å². The fourth-order valence-electron chi connectivity index (χ4n) is 1.27. The average molecular weight is 236 g/mol. The van der Waals surface area contributed by atoms with Gasteiger partial charge in [-0.3, -0.25) is 4.79 Å². The van der Waals surface area contributed by atoms with Crippen molar-refractivity contribution in [2.45, 2.75) is 20.3 Å². The molecular formula is C13H14ClNO. The highest BCUT2D eigenvalue weighted by Gasteiger charge is 2.13. The molecule has 0 saturated heterocycles. The van der Waals surface area contributed by atoms with Gasteiger partial charge in [0.25, 0.3) is 0 Å². The number of halogens is 1. The topological polar surface area (TPSA) is 29.1 Å². The molecule has 0 aliphatic carbocycles. The van der Waals surface area contributed by atoms with Crippen LogP contribution in [0.15, 0.2) is 18.2 Å². The van der Waals surface area contributed by atoms with E-state index in [2.05, 4.69) is 11.2 Å². The Morgan fingerprint density at radius 2 is 2.31 bits per heavy atom. The molecule has 0 spiro atoms. The largest absolute Gasteiger partial charge is 0.326 e. The Balaban J connectivity index is 2.78. The number of amides is 1. The first-order valence-electron chi connectivity index (χ1n) is 5.05. The van der Waals surface area contributed by atoms with Gasteiger partial charge in [0.2, 0.25) is 5.91 Å². The maximum atomic E-state index is 11.7. The van der Waals surface area contributed by atoms with Crippen molar-refractivity contribution >= 4 is 23.2 Å². The monoisotopic (exact) mass is 235 g/mol. The third-order valence-electron chi connectivity index (χ3n) is 2.40. The molecule has 1 unspecified atom stereocenters. The summed E-state index contributed by atoms with van der Waals surface area (Å²) in [6.07, 6.45) is 5.60. The van der Waals surface area contributed by atoms with Crippen LogP contribution in [0.25, 0.3) is 0 Å². The predicted molar refractivity (Wildman–Crippen MR) is 67.4 cm³/mol. The van der Waals surface area contributed by atoms with E-state index in [1.807, 2.05) is 13.0 Å². The summed E-state index contributed by atoms with van der Waals surface area (Å²) in [6.45, 7) is 3.67. The maximum Gasteiger partial charge on any atom is 0.228 e. The summed E-state index contributed by atoms with van der Waals surface area (Å²) in [5, 5.41) is 3.46. The predicted octanol–water partition coefficient (Wildman–Crippen LogP) is 3.25. The standard InChI is InChI=1S/C13H14ClNO/c1-4-6-9(2)13(16)15-12-8-5-7-11(14)10(12)3/h1,5,7-9H,6H2,2-3H3,(H,15,16). The average Bonchev–Trinajstić information content (AvgIpc) is 2.25. The van der Waals surface area contributed by atoms with Crippen molar-refractivity contribution < 1.29 is 4.79 Å². The first kappa shape index (κ1) is 12.6. The van der Waals surface area contributed by atoms with Crippen molar-refractivity contribution in [3.8, 4) is 12.3 Å². The Morgan fingerprint density at radius 3 is 2.94 bits per heavy atom. The Hall–Kier alpha value is -1.46. The maximum absolute atomic E-state index is 11.7. The Labute approximate surface area is 101 Å². The van der Waals surface area contributed by atoms with Crippen LogP contribution >= 0.6 is 11.6 Å². The van der Waals surface area contributed by atoms with E-state index in [1.54, 1.807) is 19.1 Å². The van der Waals surface area contributed by atoms with Crippen LogP contribution in [-0.2, 0) is 4.79 Å². The van der Waals surface area contributed by atoms with Crippen molar-refractivity contribution in [2.24, 2.45) is 5.92 Å². The summed E-state index contributed by atoms with van der Waals surface area (Å²) in [5.41, 5.74) is 1.60. The third-order valence-corrected chi connectivity index (χ3v) is 2.81. The van der Waals surface area contributed by atoms with E-state index in [0.29, 0.717) is 11.4 Å². The van der Waals surface area contributed by atoms with Gasteiger partial charge in [0.1, 0.15) is 0 Å². The second-order valence-corrected chi connectivity index (χ2v) is 4.12. The summed E-state index contributed by atoms with van der Waals surface area (Å²) < 4.78 is 0. The highest BCUT2D eigenvalue weighted by Crippen LogP contribution is 2.23. The first-order chi connectivity index (χ1) is 7.56. The van der Waals surface area contributed by atoms with Crippen molar-refractivity contribution in [3.63, 3.8) is 0 Å². The molecule has 0 saturated carbocycles. The first-order valence-corrected chi connectivity index (χ1v) is 5.43. The van der Waals surface area contributed by atoms with E-state index >= 15 is 0 Å². The lowest BCUT2D eigenvalue weighted by molar-refractivity contribution is -0.119. The molecule has 0 bridgehead atoms. The van der Waals surface area contributed by atoms with Crippen LogP contribution in [0.1, 0.15) is 18.9 Å². The number of benzene rings is 1. The molecule has 1 rings (SSSR count). The van der Waals surface area contributed by atoms with E-state index < -0.39 is 0 Å². The van der Waals surface area contributed by atoms with Crippen LogP contribution in [0, 0.1) is 25.2 Å². The minimum Gasteiger partial charge on any atom is -0.326 e. The van der Waals surface area contributed by atoms with Crippen LogP contribution in [-0.4, -0.2) is 5.91 Å². The van der Waals surface area contributed by atoms with Gasteiger partial charge in [-0.1, -0.05) is 24.6 Å². The van der Waals surface area contributed by atoms with Gasteiger partial charge in [-0.25, -0.2) is 0 Å². The van der Waals surface area contributed by atoms with E-state index in [0.717, 1.165) is 11.3 Å². The molecule has 2 nitrogen and oxygen atoms in total. The molecule has 0 aromatic heterocycles. The Kier molecular flexibility index (Phi) is 4.39. The second-order valence-electron chi connectivity index (χ2n) is 3.71. The van der Waals surface area contributed by atoms with Crippen molar-refractivity contribution in [3.05, 3.63) is 28.8 Å². The molecule has 16 heavy (non-hydrogen) atoms. The number of hydrogen-bond acceptors (Lipinski definition) is 1. The number of terminal acetylenes is 1. The number of carbonyl (C=O) groups is 1. The van der Waals surface area contributed by atoms with Gasteiger partial charge in [0, 0.05) is 23.0 Å². The van der Waals surface area contributed by atoms with Gasteiger partial charge < -0.3 is 5.32 Å². The lowest BCUT2D eigenvalue weighted by Gasteiger charge is -2.12. The zero-order valence-electron chi connectivity index (χ0n) is 9.38. The molecule has 1 N–H and O–H groups in total. The lowest BCUT2D eigenvalue weighted by atomic mass is 10.1. The molecule has 1 atom stereocenters. The van der Waals surface area contributed by atoms with E-state index in [4.69, 9.17) is 18.0 Å². The second kappa shape index (κ2) is 5.58. The van der Waals surface area contributed by atoms with Crippen molar-refractivity contribution in [1.82, 2.24) is 0 Å². The number of carbonyl (C=O) groups excluding carboxylic acids is 1. The molecule has 1 amide bonds. The zero-order valence-corrected chi connectivity index (χ0v) is 10.1. The summed E-state index contributed by atoms with van der Waals surface area (Å²) >= 11 is 5.95. The van der Waals surface area contributed by atoms with Crippen LogP contribution < -0.4 is 5.32 Å². The summed E-state index contributed by atoms with van der Waals surface area (Å²) in [7, 11) is 0. The molecule has 0 radical (unpaired) electrons. The van der Waals surface area contributed by atoms with Gasteiger partial charge in [0.15, 0.2) is 0 Å². The van der Waals surface area contributed by atoms with Crippen molar-refractivity contribution in [1.29, 1.82) is 0 Å². The normalized spacial score (nSPS) is 11.6. The number of rotatable bonds is 3. The molecule has 0 aliphatic heterocycles. The minimum atomic E-state index is -0.191. The van der Waals surface area contributed by atoms with E-state index in [-0.39, 0.29) is 11.8 Å². The van der Waals surface area contributed by atoms with Crippen LogP contribution in [0.4, 0.5) is 5.69 Å². The molecule has 3 heteroatoms. The summed E-state index contributed by atoms with van der Waals surface area (Å²) in [6, 6.07) is 5.41. The lowest BCUT2D eigenvalue weighted by Crippen LogP contribution is -2.20. The van der Waals surface area contributed by atoms with E-state index in [9.17, 15) is 4.79 Å². The fourth-order valence-corrected chi connectivity index (χ4v) is 1.44. The highest BCUT2D eigenvalue weighted by atomic mass is 35.5. The van der Waals surface area contributed by atoms with Crippen molar-refractivity contribution in [2.75, 3.05) is 5.32 Å². The molecule has 0 fully saturated rings. The Bertz CT molecular complexity index is 434. The van der Waals surface area contributed by atoms with Gasteiger partial charge >= 0.3 is 0 Å². The molecular weight excluding hydrogens is 222 g/mol. The third kappa shape index (κ3) is 3.01. The number of anilines is 1. The quantitative estimate of drug-likeness (QED) is 0.801. The van der Waals surface area contributed by atoms with Gasteiger partial charge in [-0.2, -0.15) is 0 Å². The smallest absolute Gasteiger partial charge is 0.228 e. The molecule has 1 aromatic carbocycles. The highest BCUT2D eigenvalue weighted by molar-refractivity contribution is 6.31. The number of hydrogen-bond donors (Lipinski definition) is 1. The van der Waals surface area contributed by atoms with Gasteiger partial charge in [-0.05, 0) is 24.6 Å². The SMILES string of the molecule is C#CCC(C)C(=O)Nc1cccc(Cl)c1C. The summed E-state index contributed by atoms with van der Waals surface area (Å²) in [5.74, 6) is 2.20. The van der Waals surface area contributed by atoms with Crippen LogP contribution in [0.5, 0.6) is 0 Å². The Morgan fingerprint density at radius 1 is 1.62 bits per heavy atom. The molecule has 0 aliphatic rings. The fraction of sp³-hybridized carbons (Fsp3) is 0.308. The number of nitrogens with one attached hydrogen (secondary N) is 1. The van der Waals surface area contributed by atoms with Gasteiger partial charge in [0.05, 0.1) is 0 Å². The molecule has 84 valence electrons. The van der Waals surface area contributed by atoms with Gasteiger partial charge in [-0.15, -0.1) is 12.3 Å². The van der Waals surface area contributed by atoms with E-state index in [1.165, 1.54) is 0 Å². The molecule has 0 heterocycles. The van der Waals surface area contributed by atoms with Crippen LogP contribution in [0.3, 0.4) is 0 Å². The minimum absolute atomic E-state index is 0.0803. The zero-order chi connectivity index (χ0) is 12.1.